The Bertz CT molecular complexity index is 781. The number of hydrogen-bond donors (Lipinski definition) is 1. The normalized spacial score (nSPS) is 11.4. The minimum absolute atomic E-state index is 0.0155. The second-order valence-corrected chi connectivity index (χ2v) is 6.57. The predicted octanol–water partition coefficient (Wildman–Crippen LogP) is 3.36. The van der Waals surface area contributed by atoms with Gasteiger partial charge in [-0.15, -0.1) is 0 Å². The molecule has 0 aliphatic carbocycles. The fourth-order valence-corrected chi connectivity index (χ4v) is 2.56. The van der Waals surface area contributed by atoms with Gasteiger partial charge in [0.1, 0.15) is 6.61 Å². The SMILES string of the molecule is NS(=O)(=O)c1ccc(OCc2ccc(Cl)cc2Cl)c(F)c1. The Morgan fingerprint density at radius 3 is 2.43 bits per heavy atom. The molecule has 2 N–H and O–H groups in total. The predicted molar refractivity (Wildman–Crippen MR) is 78.6 cm³/mol. The molecule has 21 heavy (non-hydrogen) atoms. The Morgan fingerprint density at radius 2 is 1.86 bits per heavy atom. The van der Waals surface area contributed by atoms with Crippen molar-refractivity contribution >= 4 is 33.2 Å². The van der Waals surface area contributed by atoms with Gasteiger partial charge in [-0.1, -0.05) is 29.3 Å². The maximum absolute atomic E-state index is 13.7. The Hall–Kier alpha value is -1.34. The molecule has 2 aromatic carbocycles. The van der Waals surface area contributed by atoms with Crippen LogP contribution in [0.15, 0.2) is 41.3 Å². The standard InChI is InChI=1S/C13H10Cl2FNO3S/c14-9-2-1-8(11(15)5-9)7-20-13-4-3-10(6-12(13)16)21(17,18)19/h1-6H,7H2,(H2,17,18,19). The fraction of sp³-hybridized carbons (Fsp3) is 0.0769. The van der Waals surface area contributed by atoms with Gasteiger partial charge in [-0.25, -0.2) is 17.9 Å². The largest absolute Gasteiger partial charge is 0.486 e. The van der Waals surface area contributed by atoms with E-state index < -0.39 is 15.8 Å². The monoisotopic (exact) mass is 349 g/mol. The van der Waals surface area contributed by atoms with E-state index in [1.54, 1.807) is 18.2 Å². The molecule has 2 rings (SSSR count). The second kappa shape index (κ2) is 6.19. The molecule has 0 saturated carbocycles. The zero-order valence-corrected chi connectivity index (χ0v) is 12.8. The molecule has 0 saturated heterocycles. The first-order chi connectivity index (χ1) is 9.77. The van der Waals surface area contributed by atoms with E-state index in [-0.39, 0.29) is 17.3 Å². The Morgan fingerprint density at radius 1 is 1.14 bits per heavy atom. The van der Waals surface area contributed by atoms with Crippen molar-refractivity contribution in [3.63, 3.8) is 0 Å². The molecule has 2 aromatic rings. The van der Waals surface area contributed by atoms with Crippen molar-refractivity contribution in [2.24, 2.45) is 5.14 Å². The van der Waals surface area contributed by atoms with Gasteiger partial charge in [0.15, 0.2) is 11.6 Å². The average molecular weight is 350 g/mol. The molecule has 4 nitrogen and oxygen atoms in total. The highest BCUT2D eigenvalue weighted by atomic mass is 35.5. The molecule has 0 unspecified atom stereocenters. The summed E-state index contributed by atoms with van der Waals surface area (Å²) in [5.74, 6) is -0.931. The highest BCUT2D eigenvalue weighted by Gasteiger charge is 2.12. The summed E-state index contributed by atoms with van der Waals surface area (Å²) in [7, 11) is -3.95. The van der Waals surface area contributed by atoms with E-state index in [0.29, 0.717) is 15.6 Å². The fourth-order valence-electron chi connectivity index (χ4n) is 1.57. The molecule has 0 fully saturated rings. The number of hydrogen-bond acceptors (Lipinski definition) is 3. The molecule has 0 aliphatic rings. The summed E-state index contributed by atoms with van der Waals surface area (Å²) in [6.45, 7) is 0.0155. The first-order valence-electron chi connectivity index (χ1n) is 5.66. The lowest BCUT2D eigenvalue weighted by Gasteiger charge is -2.09. The van der Waals surface area contributed by atoms with E-state index in [1.807, 2.05) is 0 Å². The Balaban J connectivity index is 2.17. The summed E-state index contributed by atoms with van der Waals surface area (Å²) in [4.78, 5) is -0.322. The van der Waals surface area contributed by atoms with Crippen LogP contribution in [0.4, 0.5) is 4.39 Å². The summed E-state index contributed by atoms with van der Waals surface area (Å²) < 4.78 is 41.2. The summed E-state index contributed by atoms with van der Waals surface area (Å²) in [6.07, 6.45) is 0. The third kappa shape index (κ3) is 4.07. The minimum atomic E-state index is -3.95. The number of nitrogens with two attached hydrogens (primary N) is 1. The lowest BCUT2D eigenvalue weighted by Crippen LogP contribution is -2.12. The van der Waals surface area contributed by atoms with Gasteiger partial charge in [0, 0.05) is 15.6 Å². The summed E-state index contributed by atoms with van der Waals surface area (Å²) >= 11 is 11.7. The third-order valence-corrected chi connectivity index (χ3v) is 4.13. The molecular weight excluding hydrogens is 340 g/mol. The minimum Gasteiger partial charge on any atom is -0.486 e. The first-order valence-corrected chi connectivity index (χ1v) is 7.96. The van der Waals surface area contributed by atoms with E-state index in [1.165, 1.54) is 6.07 Å². The molecule has 0 bridgehead atoms. The third-order valence-electron chi connectivity index (χ3n) is 2.63. The van der Waals surface area contributed by atoms with Crippen molar-refractivity contribution in [3.05, 3.63) is 57.8 Å². The van der Waals surface area contributed by atoms with Crippen LogP contribution >= 0.6 is 23.2 Å². The lowest BCUT2D eigenvalue weighted by molar-refractivity contribution is 0.290. The summed E-state index contributed by atoms with van der Waals surface area (Å²) in [5.41, 5.74) is 0.621. The van der Waals surface area contributed by atoms with Crippen LogP contribution in [0.25, 0.3) is 0 Å². The van der Waals surface area contributed by atoms with Gasteiger partial charge in [0.2, 0.25) is 10.0 Å². The van der Waals surface area contributed by atoms with Gasteiger partial charge in [-0.05, 0) is 30.3 Å². The van der Waals surface area contributed by atoms with Gasteiger partial charge in [0.25, 0.3) is 0 Å². The molecule has 8 heteroatoms. The molecule has 0 aromatic heterocycles. The van der Waals surface area contributed by atoms with Crippen LogP contribution in [0, 0.1) is 5.82 Å². The number of sulfonamides is 1. The van der Waals surface area contributed by atoms with E-state index in [4.69, 9.17) is 33.1 Å². The highest BCUT2D eigenvalue weighted by Crippen LogP contribution is 2.25. The quantitative estimate of drug-likeness (QED) is 0.919. The summed E-state index contributed by atoms with van der Waals surface area (Å²) in [6, 6.07) is 7.99. The smallest absolute Gasteiger partial charge is 0.238 e. The first kappa shape index (κ1) is 16.0. The number of benzene rings is 2. The van der Waals surface area contributed by atoms with Gasteiger partial charge in [0.05, 0.1) is 4.90 Å². The maximum Gasteiger partial charge on any atom is 0.238 e. The summed E-state index contributed by atoms with van der Waals surface area (Å²) in [5, 5.41) is 5.78. The van der Waals surface area contributed by atoms with Gasteiger partial charge < -0.3 is 4.74 Å². The number of halogens is 3. The highest BCUT2D eigenvalue weighted by molar-refractivity contribution is 7.89. The van der Waals surface area contributed by atoms with E-state index in [2.05, 4.69) is 0 Å². The molecule has 112 valence electrons. The number of rotatable bonds is 4. The zero-order valence-electron chi connectivity index (χ0n) is 10.5. The molecule has 0 amide bonds. The van der Waals surface area contributed by atoms with Crippen molar-refractivity contribution in [1.82, 2.24) is 0 Å². The van der Waals surface area contributed by atoms with Gasteiger partial charge in [-0.2, -0.15) is 0 Å². The van der Waals surface area contributed by atoms with Crippen molar-refractivity contribution in [2.45, 2.75) is 11.5 Å². The number of primary sulfonamides is 1. The van der Waals surface area contributed by atoms with E-state index in [9.17, 15) is 12.8 Å². The van der Waals surface area contributed by atoms with Crippen LogP contribution in [0.1, 0.15) is 5.56 Å². The lowest BCUT2D eigenvalue weighted by atomic mass is 10.2. The average Bonchev–Trinajstić information content (AvgIpc) is 2.38. The van der Waals surface area contributed by atoms with Crippen molar-refractivity contribution in [2.75, 3.05) is 0 Å². The van der Waals surface area contributed by atoms with Crippen LogP contribution in [0.2, 0.25) is 10.0 Å². The zero-order chi connectivity index (χ0) is 15.6. The van der Waals surface area contributed by atoms with Crippen molar-refractivity contribution in [3.8, 4) is 5.75 Å². The molecular formula is C13H10Cl2FNO3S. The molecule has 0 spiro atoms. The molecule has 0 radical (unpaired) electrons. The van der Waals surface area contributed by atoms with Gasteiger partial charge in [-0.3, -0.25) is 0 Å². The van der Waals surface area contributed by atoms with Crippen LogP contribution in [-0.2, 0) is 16.6 Å². The molecule has 0 atom stereocenters. The number of ether oxygens (including phenoxy) is 1. The Labute approximate surface area is 131 Å². The molecule has 0 heterocycles. The van der Waals surface area contributed by atoms with Crippen molar-refractivity contribution in [1.29, 1.82) is 0 Å². The van der Waals surface area contributed by atoms with E-state index in [0.717, 1.165) is 12.1 Å². The van der Waals surface area contributed by atoms with Gasteiger partial charge >= 0.3 is 0 Å². The maximum atomic E-state index is 13.7. The topological polar surface area (TPSA) is 69.4 Å². The van der Waals surface area contributed by atoms with Crippen LogP contribution in [0.5, 0.6) is 5.75 Å². The van der Waals surface area contributed by atoms with Crippen LogP contribution < -0.4 is 9.88 Å². The second-order valence-electron chi connectivity index (χ2n) is 4.16. The van der Waals surface area contributed by atoms with Crippen molar-refractivity contribution < 1.29 is 17.5 Å². The van der Waals surface area contributed by atoms with Crippen LogP contribution in [0.3, 0.4) is 0 Å². The Kier molecular flexibility index (Phi) is 4.73. The molecule has 0 aliphatic heterocycles. The van der Waals surface area contributed by atoms with Crippen LogP contribution in [-0.4, -0.2) is 8.42 Å². The van der Waals surface area contributed by atoms with E-state index >= 15 is 0 Å².